The predicted molar refractivity (Wildman–Crippen MR) is 341 cm³/mol. The van der Waals surface area contributed by atoms with Crippen LogP contribution >= 0.6 is 0 Å². The number of nitriles is 1. The number of para-hydroxylation sites is 2. The van der Waals surface area contributed by atoms with Gasteiger partial charge in [-0.25, -0.2) is 34.7 Å². The van der Waals surface area contributed by atoms with Gasteiger partial charge in [0.1, 0.15) is 0 Å². The standard InChI is InChI=1S/C75H46N10/c1-47-41-48(46-76)31-36-57(47)53-32-38-69(85-66-30-18-16-28-59(66)62-44-55(34-40-68(62)85)75-82-72(51-23-11-5-12-24-51)79-73(83-75)52-25-13-6-14-26-52)63(42-53)60-45-56(35-37-64(60)77-2)84-65-29-17-15-27-58(65)61-43-54(33-39-67(61)84)74-80-70(49-19-7-3-8-20-49)78-71(81-74)50-21-9-4-10-22-50/h3-45H,1H3. The zero-order valence-corrected chi connectivity index (χ0v) is 45.8. The first-order valence-electron chi connectivity index (χ1n) is 27.9. The molecule has 0 unspecified atom stereocenters. The molecule has 15 aromatic rings. The summed E-state index contributed by atoms with van der Waals surface area (Å²) in [6.07, 6.45) is 0. The summed E-state index contributed by atoms with van der Waals surface area (Å²) in [5, 5.41) is 14.0. The van der Waals surface area contributed by atoms with Crippen molar-refractivity contribution in [1.82, 2.24) is 39.0 Å². The topological polar surface area (TPSA) is 115 Å². The molecule has 0 bridgehead atoms. The van der Waals surface area contributed by atoms with Crippen molar-refractivity contribution in [3.05, 3.63) is 283 Å². The van der Waals surface area contributed by atoms with Crippen molar-refractivity contribution in [2.24, 2.45) is 0 Å². The van der Waals surface area contributed by atoms with Crippen LogP contribution in [-0.4, -0.2) is 39.0 Å². The van der Waals surface area contributed by atoms with Gasteiger partial charge in [0.2, 0.25) is 0 Å². The smallest absolute Gasteiger partial charge is 0.195 e. The van der Waals surface area contributed by atoms with E-state index in [0.29, 0.717) is 46.2 Å². The van der Waals surface area contributed by atoms with Crippen molar-refractivity contribution in [2.45, 2.75) is 6.92 Å². The number of hydrogen-bond donors (Lipinski definition) is 0. The lowest BCUT2D eigenvalue weighted by atomic mass is 9.93. The summed E-state index contributed by atoms with van der Waals surface area (Å²) in [4.78, 5) is 34.6. The molecule has 4 heterocycles. The van der Waals surface area contributed by atoms with E-state index in [1.807, 2.05) is 159 Å². The zero-order chi connectivity index (χ0) is 57.0. The second-order valence-electron chi connectivity index (χ2n) is 20.9. The third-order valence-electron chi connectivity index (χ3n) is 15.8. The van der Waals surface area contributed by atoms with Gasteiger partial charge in [0.15, 0.2) is 40.6 Å². The first-order valence-corrected chi connectivity index (χ1v) is 27.9. The van der Waals surface area contributed by atoms with Crippen LogP contribution in [0, 0.1) is 24.8 Å². The molecule has 4 aromatic heterocycles. The molecule has 0 N–H and O–H groups in total. The fraction of sp³-hybridized carbons (Fsp3) is 0.0133. The van der Waals surface area contributed by atoms with E-state index in [2.05, 4.69) is 129 Å². The number of hydrogen-bond acceptors (Lipinski definition) is 7. The molecule has 11 aromatic carbocycles. The lowest BCUT2D eigenvalue weighted by Crippen LogP contribution is -2.01. The lowest BCUT2D eigenvalue weighted by Gasteiger charge is -2.19. The summed E-state index contributed by atoms with van der Waals surface area (Å²) in [6, 6.07) is 90.6. The molecular weight excluding hydrogens is 1040 g/mol. The molecule has 0 amide bonds. The highest BCUT2D eigenvalue weighted by atomic mass is 15.0. The Morgan fingerprint density at radius 2 is 0.765 bits per heavy atom. The number of benzene rings is 11. The van der Waals surface area contributed by atoms with Crippen molar-refractivity contribution >= 4 is 49.3 Å². The van der Waals surface area contributed by atoms with E-state index < -0.39 is 0 Å². The number of fused-ring (bicyclic) bond motifs is 6. The van der Waals surface area contributed by atoms with Crippen LogP contribution in [0.5, 0.6) is 0 Å². The van der Waals surface area contributed by atoms with Gasteiger partial charge < -0.3 is 9.13 Å². The Labute approximate surface area is 489 Å². The highest BCUT2D eigenvalue weighted by molar-refractivity contribution is 6.12. The number of aromatic nitrogens is 8. The fourth-order valence-corrected chi connectivity index (χ4v) is 11.8. The third kappa shape index (κ3) is 8.91. The molecular formula is C75H46N10. The van der Waals surface area contributed by atoms with Crippen molar-refractivity contribution in [3.8, 4) is 108 Å². The van der Waals surface area contributed by atoms with Gasteiger partial charge in [-0.3, -0.25) is 0 Å². The molecule has 0 aliphatic heterocycles. The highest BCUT2D eigenvalue weighted by Crippen LogP contribution is 2.45. The van der Waals surface area contributed by atoms with E-state index in [-0.39, 0.29) is 0 Å². The predicted octanol–water partition coefficient (Wildman–Crippen LogP) is 18.3. The van der Waals surface area contributed by atoms with Gasteiger partial charge >= 0.3 is 0 Å². The van der Waals surface area contributed by atoms with E-state index in [1.54, 1.807) is 0 Å². The van der Waals surface area contributed by atoms with E-state index in [9.17, 15) is 5.26 Å². The van der Waals surface area contributed by atoms with Crippen LogP contribution in [0.2, 0.25) is 0 Å². The summed E-state index contributed by atoms with van der Waals surface area (Å²) in [7, 11) is 0. The van der Waals surface area contributed by atoms with E-state index in [1.165, 1.54) is 0 Å². The minimum Gasteiger partial charge on any atom is -0.309 e. The molecule has 396 valence electrons. The maximum absolute atomic E-state index is 9.89. The first-order chi connectivity index (χ1) is 41.9. The highest BCUT2D eigenvalue weighted by Gasteiger charge is 2.23. The minimum absolute atomic E-state index is 0.501. The molecule has 0 saturated heterocycles. The number of aryl methyl sites for hydroxylation is 1. The van der Waals surface area contributed by atoms with Crippen molar-refractivity contribution in [3.63, 3.8) is 0 Å². The van der Waals surface area contributed by atoms with Gasteiger partial charge in [0.25, 0.3) is 0 Å². The Kier molecular flexibility index (Phi) is 12.3. The molecule has 0 fully saturated rings. The molecule has 85 heavy (non-hydrogen) atoms. The maximum atomic E-state index is 9.89. The summed E-state index contributed by atoms with van der Waals surface area (Å²) in [5.74, 6) is 3.51. The van der Waals surface area contributed by atoms with Crippen LogP contribution in [0.3, 0.4) is 0 Å². The van der Waals surface area contributed by atoms with Gasteiger partial charge in [-0.1, -0.05) is 176 Å². The quantitative estimate of drug-likeness (QED) is 0.125. The van der Waals surface area contributed by atoms with Gasteiger partial charge in [0, 0.05) is 60.6 Å². The van der Waals surface area contributed by atoms with Crippen molar-refractivity contribution < 1.29 is 0 Å². The first kappa shape index (κ1) is 50.0. The second kappa shape index (κ2) is 20.8. The molecule has 0 aliphatic rings. The van der Waals surface area contributed by atoms with Crippen LogP contribution in [0.4, 0.5) is 5.69 Å². The summed E-state index contributed by atoms with van der Waals surface area (Å²) in [6.45, 7) is 10.8. The lowest BCUT2D eigenvalue weighted by molar-refractivity contribution is 1.07. The molecule has 15 rings (SSSR count). The number of nitrogens with zero attached hydrogens (tertiary/aromatic N) is 10. The van der Waals surface area contributed by atoms with E-state index in [4.69, 9.17) is 36.5 Å². The van der Waals surface area contributed by atoms with Gasteiger partial charge in [-0.15, -0.1) is 0 Å². The molecule has 10 heteroatoms. The molecule has 0 radical (unpaired) electrons. The summed E-state index contributed by atoms with van der Waals surface area (Å²) >= 11 is 0. The Bertz CT molecular complexity index is 5100. The largest absolute Gasteiger partial charge is 0.309 e. The normalized spacial score (nSPS) is 11.3. The molecule has 0 aliphatic carbocycles. The van der Waals surface area contributed by atoms with Gasteiger partial charge in [0.05, 0.1) is 46.0 Å². The SMILES string of the molecule is [C-]#[N+]c1ccc(-n2c3ccccc3c3cc(-c4nc(-c5ccccc5)nc(-c5ccccc5)n4)ccc32)cc1-c1cc(-c2ccc(C#N)cc2C)ccc1-n1c2ccccc2c2cc(-c3nc(-c4ccccc4)nc(-c4ccccc4)n3)ccc21. The Morgan fingerprint density at radius 3 is 1.24 bits per heavy atom. The Hall–Kier alpha value is -12.0. The van der Waals surface area contributed by atoms with E-state index >= 15 is 0 Å². The molecule has 10 nitrogen and oxygen atoms in total. The molecule has 0 spiro atoms. The third-order valence-corrected chi connectivity index (χ3v) is 15.8. The fourth-order valence-electron chi connectivity index (χ4n) is 11.8. The maximum Gasteiger partial charge on any atom is 0.195 e. The second-order valence-corrected chi connectivity index (χ2v) is 20.9. The van der Waals surface area contributed by atoms with E-state index in [0.717, 1.165) is 116 Å². The number of rotatable bonds is 10. The van der Waals surface area contributed by atoms with Gasteiger partial charge in [-0.05, 0) is 120 Å². The van der Waals surface area contributed by atoms with Crippen molar-refractivity contribution in [1.29, 1.82) is 5.26 Å². The van der Waals surface area contributed by atoms with Crippen LogP contribution in [0.15, 0.2) is 261 Å². The van der Waals surface area contributed by atoms with Crippen LogP contribution in [-0.2, 0) is 0 Å². The van der Waals surface area contributed by atoms with Crippen LogP contribution < -0.4 is 0 Å². The van der Waals surface area contributed by atoms with Crippen LogP contribution in [0.1, 0.15) is 11.1 Å². The zero-order valence-electron chi connectivity index (χ0n) is 45.8. The average molecular weight is 1090 g/mol. The molecule has 0 atom stereocenters. The molecule has 0 saturated carbocycles. The average Bonchev–Trinajstić information content (AvgIpc) is 4.11. The van der Waals surface area contributed by atoms with Crippen molar-refractivity contribution in [2.75, 3.05) is 0 Å². The monoisotopic (exact) mass is 1090 g/mol. The summed E-state index contributed by atoms with van der Waals surface area (Å²) < 4.78 is 4.60. The Balaban J connectivity index is 0.919. The Morgan fingerprint density at radius 1 is 0.341 bits per heavy atom. The van der Waals surface area contributed by atoms with Crippen LogP contribution in [0.25, 0.3) is 150 Å². The minimum atomic E-state index is 0.501. The summed E-state index contributed by atoms with van der Waals surface area (Å²) in [5.41, 5.74) is 16.7. The van der Waals surface area contributed by atoms with Gasteiger partial charge in [-0.2, -0.15) is 5.26 Å².